The number of hydrogen-bond acceptors (Lipinski definition) is 7. The molecule has 0 fully saturated rings. The van der Waals surface area contributed by atoms with Gasteiger partial charge in [0.1, 0.15) is 10.6 Å². The van der Waals surface area contributed by atoms with Crippen LogP contribution in [0.2, 0.25) is 5.02 Å². The maximum atomic E-state index is 12.3. The first-order valence-electron chi connectivity index (χ1n) is 9.76. The molecule has 0 saturated heterocycles. The molecule has 0 aromatic heterocycles. The Bertz CT molecular complexity index is 1240. The first-order chi connectivity index (χ1) is 15.8. The number of nitrogens with one attached hydrogen (secondary N) is 1. The standard InChI is InChI=1S/C23H21ClN2O6S/c1-3-31-21-13-6-17(14-22(21)30-2)23(27)26-25-15-16-4-9-19(10-5-16)32-33(28,29)20-11-7-18(24)8-12-20/h4-15H,3H2,1-2H3,(H,26,27)/b25-15+. The Kier molecular flexibility index (Phi) is 7.92. The van der Waals surface area contributed by atoms with Gasteiger partial charge in [0.2, 0.25) is 0 Å². The summed E-state index contributed by atoms with van der Waals surface area (Å²) in [4.78, 5) is 12.3. The molecule has 0 atom stereocenters. The molecular formula is C23H21ClN2O6S. The monoisotopic (exact) mass is 488 g/mol. The van der Waals surface area contributed by atoms with Crippen LogP contribution in [0.15, 0.2) is 76.7 Å². The van der Waals surface area contributed by atoms with Gasteiger partial charge in [0.15, 0.2) is 11.5 Å². The van der Waals surface area contributed by atoms with Crippen molar-refractivity contribution in [2.45, 2.75) is 11.8 Å². The lowest BCUT2D eigenvalue weighted by Gasteiger charge is -2.10. The Morgan fingerprint density at radius 1 is 1.03 bits per heavy atom. The van der Waals surface area contributed by atoms with Crippen LogP contribution in [0, 0.1) is 0 Å². The number of carbonyl (C=O) groups is 1. The average molecular weight is 489 g/mol. The van der Waals surface area contributed by atoms with Gasteiger partial charge in [-0.2, -0.15) is 13.5 Å². The molecule has 172 valence electrons. The summed E-state index contributed by atoms with van der Waals surface area (Å²) in [7, 11) is -2.49. The van der Waals surface area contributed by atoms with Crippen LogP contribution in [0.1, 0.15) is 22.8 Å². The molecule has 3 rings (SSSR count). The lowest BCUT2D eigenvalue weighted by Crippen LogP contribution is -2.17. The fourth-order valence-electron chi connectivity index (χ4n) is 2.70. The van der Waals surface area contributed by atoms with Gasteiger partial charge in [0.05, 0.1) is 19.9 Å². The largest absolute Gasteiger partial charge is 0.493 e. The summed E-state index contributed by atoms with van der Waals surface area (Å²) in [5.41, 5.74) is 3.40. The highest BCUT2D eigenvalue weighted by Gasteiger charge is 2.16. The number of benzene rings is 3. The summed E-state index contributed by atoms with van der Waals surface area (Å²) in [5.74, 6) is 0.687. The third kappa shape index (κ3) is 6.47. The Balaban J connectivity index is 1.61. The third-order valence-corrected chi connectivity index (χ3v) is 5.81. The summed E-state index contributed by atoms with van der Waals surface area (Å²) in [5, 5.41) is 4.35. The van der Waals surface area contributed by atoms with E-state index in [9.17, 15) is 13.2 Å². The number of carbonyl (C=O) groups excluding carboxylic acids is 1. The van der Waals surface area contributed by atoms with Crippen LogP contribution < -0.4 is 19.1 Å². The number of rotatable bonds is 9. The molecule has 0 unspecified atom stereocenters. The van der Waals surface area contributed by atoms with E-state index >= 15 is 0 Å². The van der Waals surface area contributed by atoms with Crippen molar-refractivity contribution < 1.29 is 26.9 Å². The van der Waals surface area contributed by atoms with Gasteiger partial charge in [-0.1, -0.05) is 11.6 Å². The van der Waals surface area contributed by atoms with E-state index in [0.29, 0.717) is 34.3 Å². The van der Waals surface area contributed by atoms with E-state index in [1.54, 1.807) is 30.3 Å². The molecule has 1 N–H and O–H groups in total. The second kappa shape index (κ2) is 10.8. The molecule has 8 nitrogen and oxygen atoms in total. The van der Waals surface area contributed by atoms with Crippen LogP contribution >= 0.6 is 11.6 Å². The minimum Gasteiger partial charge on any atom is -0.493 e. The number of ether oxygens (including phenoxy) is 2. The van der Waals surface area contributed by atoms with Gasteiger partial charge in [0.25, 0.3) is 5.91 Å². The van der Waals surface area contributed by atoms with Crippen molar-refractivity contribution >= 4 is 33.8 Å². The van der Waals surface area contributed by atoms with E-state index in [2.05, 4.69) is 10.5 Å². The molecule has 0 aliphatic rings. The number of hydrogen-bond donors (Lipinski definition) is 1. The molecule has 0 aliphatic carbocycles. The minimum absolute atomic E-state index is 0.00817. The van der Waals surface area contributed by atoms with Gasteiger partial charge in [-0.25, -0.2) is 5.43 Å². The lowest BCUT2D eigenvalue weighted by atomic mass is 10.2. The zero-order valence-electron chi connectivity index (χ0n) is 17.8. The van der Waals surface area contributed by atoms with Gasteiger partial charge in [0, 0.05) is 10.6 Å². The first-order valence-corrected chi connectivity index (χ1v) is 11.6. The maximum absolute atomic E-state index is 12.3. The number of nitrogens with zero attached hydrogens (tertiary/aromatic N) is 1. The van der Waals surface area contributed by atoms with Gasteiger partial charge in [-0.3, -0.25) is 4.79 Å². The smallest absolute Gasteiger partial charge is 0.339 e. The summed E-state index contributed by atoms with van der Waals surface area (Å²) >= 11 is 5.78. The molecule has 10 heteroatoms. The second-order valence-corrected chi connectivity index (χ2v) is 8.54. The molecule has 3 aromatic rings. The second-order valence-electron chi connectivity index (χ2n) is 6.56. The van der Waals surface area contributed by atoms with Crippen molar-refractivity contribution in [2.24, 2.45) is 5.10 Å². The SMILES string of the molecule is CCOc1ccc(C(=O)N/N=C/c2ccc(OS(=O)(=O)c3ccc(Cl)cc3)cc2)cc1OC. The molecule has 0 heterocycles. The molecule has 3 aromatic carbocycles. The fraction of sp³-hybridized carbons (Fsp3) is 0.130. The Hall–Kier alpha value is -3.56. The molecule has 0 bridgehead atoms. The van der Waals surface area contributed by atoms with Gasteiger partial charge >= 0.3 is 10.1 Å². The molecule has 1 amide bonds. The van der Waals surface area contributed by atoms with Crippen molar-refractivity contribution in [2.75, 3.05) is 13.7 Å². The lowest BCUT2D eigenvalue weighted by molar-refractivity contribution is 0.0954. The molecule has 0 aliphatic heterocycles. The predicted octanol–water partition coefficient (Wildman–Crippen LogP) is 4.28. The molecule has 33 heavy (non-hydrogen) atoms. The summed E-state index contributed by atoms with van der Waals surface area (Å²) < 4.78 is 40.4. The number of hydrazone groups is 1. The maximum Gasteiger partial charge on any atom is 0.339 e. The topological polar surface area (TPSA) is 103 Å². The van der Waals surface area contributed by atoms with Crippen LogP contribution in [0.3, 0.4) is 0 Å². The molecule has 0 spiro atoms. The summed E-state index contributed by atoms with van der Waals surface area (Å²) in [6, 6.07) is 16.6. The van der Waals surface area contributed by atoms with Crippen molar-refractivity contribution in [3.05, 3.63) is 82.9 Å². The third-order valence-electron chi connectivity index (χ3n) is 4.29. The number of amides is 1. The Labute approximate surface area is 196 Å². The van der Waals surface area contributed by atoms with Gasteiger partial charge in [-0.15, -0.1) is 0 Å². The zero-order valence-corrected chi connectivity index (χ0v) is 19.4. The highest BCUT2D eigenvalue weighted by molar-refractivity contribution is 7.87. The average Bonchev–Trinajstić information content (AvgIpc) is 2.80. The quantitative estimate of drug-likeness (QED) is 0.274. The van der Waals surface area contributed by atoms with E-state index in [4.69, 9.17) is 25.3 Å². The van der Waals surface area contributed by atoms with Gasteiger partial charge in [-0.05, 0) is 79.2 Å². The van der Waals surface area contributed by atoms with Gasteiger partial charge < -0.3 is 13.7 Å². The number of halogens is 1. The molecule has 0 saturated carbocycles. The van der Waals surface area contributed by atoms with Crippen LogP contribution in [0.4, 0.5) is 0 Å². The van der Waals surface area contributed by atoms with E-state index in [1.807, 2.05) is 6.92 Å². The normalized spacial score (nSPS) is 11.2. The minimum atomic E-state index is -3.98. The van der Waals surface area contributed by atoms with Crippen molar-refractivity contribution in [1.82, 2.24) is 5.43 Å². The van der Waals surface area contributed by atoms with Crippen LogP contribution in [0.25, 0.3) is 0 Å². The van der Waals surface area contributed by atoms with E-state index in [0.717, 1.165) is 0 Å². The Morgan fingerprint density at radius 2 is 1.73 bits per heavy atom. The molecule has 0 radical (unpaired) electrons. The van der Waals surface area contributed by atoms with Crippen LogP contribution in [-0.2, 0) is 10.1 Å². The van der Waals surface area contributed by atoms with Crippen LogP contribution in [-0.4, -0.2) is 34.3 Å². The van der Waals surface area contributed by atoms with Crippen molar-refractivity contribution in [3.63, 3.8) is 0 Å². The summed E-state index contributed by atoms with van der Waals surface area (Å²) in [6.07, 6.45) is 1.42. The number of methoxy groups -OCH3 is 1. The zero-order chi connectivity index (χ0) is 23.8. The molecular weight excluding hydrogens is 468 g/mol. The van der Waals surface area contributed by atoms with Crippen molar-refractivity contribution in [1.29, 1.82) is 0 Å². The van der Waals surface area contributed by atoms with E-state index in [1.165, 1.54) is 49.7 Å². The first kappa shape index (κ1) is 24.1. The Morgan fingerprint density at radius 3 is 2.36 bits per heavy atom. The van der Waals surface area contributed by atoms with Crippen molar-refractivity contribution in [3.8, 4) is 17.2 Å². The highest BCUT2D eigenvalue weighted by Crippen LogP contribution is 2.28. The fourth-order valence-corrected chi connectivity index (χ4v) is 3.76. The van der Waals surface area contributed by atoms with E-state index in [-0.39, 0.29) is 10.6 Å². The highest BCUT2D eigenvalue weighted by atomic mass is 35.5. The van der Waals surface area contributed by atoms with E-state index < -0.39 is 16.0 Å². The summed E-state index contributed by atoms with van der Waals surface area (Å²) in [6.45, 7) is 2.33. The predicted molar refractivity (Wildman–Crippen MR) is 125 cm³/mol. The van der Waals surface area contributed by atoms with Crippen LogP contribution in [0.5, 0.6) is 17.2 Å².